The van der Waals surface area contributed by atoms with E-state index in [-0.39, 0.29) is 18.3 Å². The zero-order valence-electron chi connectivity index (χ0n) is 19.5. The molecule has 0 bridgehead atoms. The van der Waals surface area contributed by atoms with Gasteiger partial charge in [-0.2, -0.15) is 0 Å². The second kappa shape index (κ2) is 9.23. The normalized spacial score (nSPS) is 13.4. The molecule has 0 aliphatic carbocycles. The van der Waals surface area contributed by atoms with Crippen molar-refractivity contribution in [1.82, 2.24) is 4.90 Å². The number of benzene rings is 3. The Hall–Kier alpha value is -3.77. The topological polar surface area (TPSA) is 61.1 Å². The first-order valence-electron chi connectivity index (χ1n) is 11.3. The van der Waals surface area contributed by atoms with Crippen LogP contribution < -0.4 is 19.6 Å². The molecule has 174 valence electrons. The fourth-order valence-corrected chi connectivity index (χ4v) is 4.15. The van der Waals surface area contributed by atoms with Crippen molar-refractivity contribution in [3.63, 3.8) is 0 Å². The van der Waals surface area contributed by atoms with Gasteiger partial charge in [0.15, 0.2) is 16.9 Å². The fraction of sp³-hybridized carbons (Fsp3) is 0.250. The van der Waals surface area contributed by atoms with E-state index in [2.05, 4.69) is 17.0 Å². The number of fused-ring (bicyclic) bond motifs is 2. The SMILES string of the molecule is Cc1c(-c2ccc3c(c2)OCO3)oc2cc(OC(CCN(C)C)c3ccccc3)ccc2c1=O. The molecule has 1 aliphatic heterocycles. The third-order valence-electron chi connectivity index (χ3n) is 6.01. The lowest BCUT2D eigenvalue weighted by molar-refractivity contribution is 0.174. The van der Waals surface area contributed by atoms with Gasteiger partial charge in [0.1, 0.15) is 23.2 Å². The predicted octanol–water partition coefficient (Wildman–Crippen LogP) is 5.57. The minimum atomic E-state index is -0.119. The van der Waals surface area contributed by atoms with E-state index in [1.807, 2.05) is 56.6 Å². The van der Waals surface area contributed by atoms with Crippen LogP contribution in [0.25, 0.3) is 22.3 Å². The van der Waals surface area contributed by atoms with Gasteiger partial charge in [-0.15, -0.1) is 0 Å². The molecule has 0 saturated carbocycles. The Kier molecular flexibility index (Phi) is 5.99. The molecule has 0 spiro atoms. The van der Waals surface area contributed by atoms with Gasteiger partial charge < -0.3 is 23.5 Å². The average molecular weight is 458 g/mol. The summed E-state index contributed by atoms with van der Waals surface area (Å²) in [6.07, 6.45) is 0.710. The molecule has 0 amide bonds. The van der Waals surface area contributed by atoms with Crippen LogP contribution in [0.4, 0.5) is 0 Å². The lowest BCUT2D eigenvalue weighted by Gasteiger charge is -2.21. The lowest BCUT2D eigenvalue weighted by atomic mass is 10.0. The molecule has 0 fully saturated rings. The minimum Gasteiger partial charge on any atom is -0.486 e. The van der Waals surface area contributed by atoms with Crippen LogP contribution in [0.1, 0.15) is 23.7 Å². The summed E-state index contributed by atoms with van der Waals surface area (Å²) < 4.78 is 23.6. The number of hydrogen-bond acceptors (Lipinski definition) is 6. The quantitative estimate of drug-likeness (QED) is 0.362. The van der Waals surface area contributed by atoms with Crippen LogP contribution in [0.3, 0.4) is 0 Å². The third kappa shape index (κ3) is 4.37. The standard InChI is InChI=1S/C28H27NO5/c1-18-27(30)22-11-10-21(33-23(13-14-29(2)3)19-7-5-4-6-8-19)16-25(22)34-28(18)20-9-12-24-26(15-20)32-17-31-24/h4-12,15-16,23H,13-14,17H2,1-3H3. The Morgan fingerprint density at radius 1 is 0.971 bits per heavy atom. The molecule has 0 saturated heterocycles. The lowest BCUT2D eigenvalue weighted by Crippen LogP contribution is -2.18. The van der Waals surface area contributed by atoms with E-state index < -0.39 is 0 Å². The molecule has 1 aliphatic rings. The zero-order chi connectivity index (χ0) is 23.7. The van der Waals surface area contributed by atoms with Gasteiger partial charge >= 0.3 is 0 Å². The first-order valence-corrected chi connectivity index (χ1v) is 11.3. The van der Waals surface area contributed by atoms with Crippen LogP contribution in [-0.4, -0.2) is 32.3 Å². The summed E-state index contributed by atoms with van der Waals surface area (Å²) in [6, 6.07) is 21.1. The number of ether oxygens (including phenoxy) is 3. The largest absolute Gasteiger partial charge is 0.486 e. The first-order chi connectivity index (χ1) is 16.5. The van der Waals surface area contributed by atoms with Gasteiger partial charge in [0.05, 0.1) is 5.39 Å². The van der Waals surface area contributed by atoms with Crippen LogP contribution in [-0.2, 0) is 0 Å². The van der Waals surface area contributed by atoms with Crippen LogP contribution in [0, 0.1) is 6.92 Å². The predicted molar refractivity (Wildman–Crippen MR) is 132 cm³/mol. The van der Waals surface area contributed by atoms with Crippen molar-refractivity contribution >= 4 is 11.0 Å². The summed E-state index contributed by atoms with van der Waals surface area (Å²) in [5, 5.41) is 0.527. The fourth-order valence-electron chi connectivity index (χ4n) is 4.15. The summed E-state index contributed by atoms with van der Waals surface area (Å²) in [7, 11) is 4.10. The first kappa shape index (κ1) is 22.0. The second-order valence-corrected chi connectivity index (χ2v) is 8.72. The minimum absolute atomic E-state index is 0.0623. The molecular weight excluding hydrogens is 430 g/mol. The molecule has 0 N–H and O–H groups in total. The van der Waals surface area contributed by atoms with Gasteiger partial charge in [-0.25, -0.2) is 0 Å². The highest BCUT2D eigenvalue weighted by atomic mass is 16.7. The molecule has 2 heterocycles. The number of hydrogen-bond donors (Lipinski definition) is 0. The van der Waals surface area contributed by atoms with Crippen molar-refractivity contribution in [2.24, 2.45) is 0 Å². The maximum absolute atomic E-state index is 13.1. The summed E-state index contributed by atoms with van der Waals surface area (Å²) >= 11 is 0. The van der Waals surface area contributed by atoms with E-state index in [0.717, 1.165) is 24.1 Å². The maximum atomic E-state index is 13.1. The summed E-state index contributed by atoms with van der Waals surface area (Å²) in [4.78, 5) is 15.3. The molecule has 0 radical (unpaired) electrons. The third-order valence-corrected chi connectivity index (χ3v) is 6.01. The van der Waals surface area contributed by atoms with E-state index in [0.29, 0.717) is 39.5 Å². The van der Waals surface area contributed by atoms with Crippen LogP contribution in [0.5, 0.6) is 17.2 Å². The Morgan fingerprint density at radius 3 is 2.56 bits per heavy atom. The average Bonchev–Trinajstić information content (AvgIpc) is 3.32. The number of nitrogens with zero attached hydrogens (tertiary/aromatic N) is 1. The molecule has 6 nitrogen and oxygen atoms in total. The summed E-state index contributed by atoms with van der Waals surface area (Å²) in [6.45, 7) is 2.86. The van der Waals surface area contributed by atoms with Crippen molar-refractivity contribution in [3.8, 4) is 28.6 Å². The molecule has 6 heteroatoms. The molecule has 1 atom stereocenters. The van der Waals surface area contributed by atoms with E-state index in [9.17, 15) is 4.79 Å². The van der Waals surface area contributed by atoms with Crippen LogP contribution in [0.15, 0.2) is 75.9 Å². The summed E-state index contributed by atoms with van der Waals surface area (Å²) in [5.41, 5.74) is 2.84. The Labute approximate surface area is 198 Å². The number of rotatable bonds is 7. The van der Waals surface area contributed by atoms with Crippen molar-refractivity contribution in [2.75, 3.05) is 27.4 Å². The molecule has 4 aromatic rings. The van der Waals surface area contributed by atoms with Crippen molar-refractivity contribution < 1.29 is 18.6 Å². The van der Waals surface area contributed by atoms with Crippen molar-refractivity contribution in [3.05, 3.63) is 88.1 Å². The summed E-state index contributed by atoms with van der Waals surface area (Å²) in [5.74, 6) is 2.50. The molecule has 1 unspecified atom stereocenters. The van der Waals surface area contributed by atoms with Crippen molar-refractivity contribution in [2.45, 2.75) is 19.4 Å². The molecule has 3 aromatic carbocycles. The monoisotopic (exact) mass is 457 g/mol. The smallest absolute Gasteiger partial charge is 0.231 e. The highest BCUT2D eigenvalue weighted by Gasteiger charge is 2.19. The van der Waals surface area contributed by atoms with Crippen LogP contribution in [0.2, 0.25) is 0 Å². The van der Waals surface area contributed by atoms with E-state index in [1.54, 1.807) is 19.1 Å². The van der Waals surface area contributed by atoms with Gasteiger partial charge in [0.2, 0.25) is 6.79 Å². The zero-order valence-corrected chi connectivity index (χ0v) is 19.5. The second-order valence-electron chi connectivity index (χ2n) is 8.72. The molecule has 5 rings (SSSR count). The van der Waals surface area contributed by atoms with Crippen LogP contribution >= 0.6 is 0 Å². The highest BCUT2D eigenvalue weighted by Crippen LogP contribution is 2.37. The van der Waals surface area contributed by atoms with E-state index in [1.165, 1.54) is 0 Å². The highest BCUT2D eigenvalue weighted by molar-refractivity contribution is 5.82. The van der Waals surface area contributed by atoms with Gasteiger partial charge in [-0.05, 0) is 56.9 Å². The van der Waals surface area contributed by atoms with Gasteiger partial charge in [-0.3, -0.25) is 4.79 Å². The Balaban J connectivity index is 1.52. The van der Waals surface area contributed by atoms with Gasteiger partial charge in [0.25, 0.3) is 0 Å². The van der Waals surface area contributed by atoms with E-state index in [4.69, 9.17) is 18.6 Å². The Bertz CT molecular complexity index is 1380. The Morgan fingerprint density at radius 2 is 1.76 bits per heavy atom. The maximum Gasteiger partial charge on any atom is 0.231 e. The molecule has 34 heavy (non-hydrogen) atoms. The van der Waals surface area contributed by atoms with E-state index >= 15 is 0 Å². The van der Waals surface area contributed by atoms with Gasteiger partial charge in [-0.1, -0.05) is 30.3 Å². The molecular formula is C28H27NO5. The van der Waals surface area contributed by atoms with Gasteiger partial charge in [0, 0.05) is 30.2 Å². The molecule has 1 aromatic heterocycles. The van der Waals surface area contributed by atoms with Crippen molar-refractivity contribution in [1.29, 1.82) is 0 Å².